The van der Waals surface area contributed by atoms with E-state index in [1.807, 2.05) is 0 Å². The van der Waals surface area contributed by atoms with Gasteiger partial charge in [0.05, 0.1) is 35.4 Å². The lowest BCUT2D eigenvalue weighted by atomic mass is 10.2. The minimum absolute atomic E-state index is 0.0847. The standard InChI is InChI=1S/C10H7N7O2/c18-17(19)9-3-1-2-8(15-6-4-11-13-15)10(9)16-7-5-12-14-16/h1-7H. The SMILES string of the molecule is O=[N+]([O-])c1cccc(-n2ccnn2)c1-n1ccnn1. The molecule has 0 aliphatic rings. The number of hydrogen-bond acceptors (Lipinski definition) is 6. The number of rotatable bonds is 3. The zero-order valence-electron chi connectivity index (χ0n) is 9.49. The Labute approximate surface area is 106 Å². The Morgan fingerprint density at radius 2 is 1.74 bits per heavy atom. The van der Waals surface area contributed by atoms with Crippen LogP contribution in [0.4, 0.5) is 5.69 Å². The van der Waals surface area contributed by atoms with Crippen LogP contribution in [0.15, 0.2) is 43.0 Å². The highest BCUT2D eigenvalue weighted by atomic mass is 16.6. The molecule has 0 amide bonds. The lowest BCUT2D eigenvalue weighted by Crippen LogP contribution is -2.08. The van der Waals surface area contributed by atoms with Crippen LogP contribution in [0.2, 0.25) is 0 Å². The van der Waals surface area contributed by atoms with Crippen molar-refractivity contribution >= 4 is 5.69 Å². The lowest BCUT2D eigenvalue weighted by Gasteiger charge is -2.08. The van der Waals surface area contributed by atoms with Gasteiger partial charge < -0.3 is 0 Å². The van der Waals surface area contributed by atoms with Crippen LogP contribution in [-0.2, 0) is 0 Å². The van der Waals surface area contributed by atoms with Crippen molar-refractivity contribution in [3.8, 4) is 11.4 Å². The fourth-order valence-corrected chi connectivity index (χ4v) is 1.75. The molecule has 3 rings (SSSR count). The summed E-state index contributed by atoms with van der Waals surface area (Å²) in [4.78, 5) is 10.7. The van der Waals surface area contributed by atoms with Crippen LogP contribution < -0.4 is 0 Å². The molecule has 9 heteroatoms. The number of nitro groups is 1. The summed E-state index contributed by atoms with van der Waals surface area (Å²) in [7, 11) is 0. The Hall–Kier alpha value is -3.10. The van der Waals surface area contributed by atoms with Gasteiger partial charge in [-0.05, 0) is 6.07 Å². The molecule has 1 aromatic carbocycles. The van der Waals surface area contributed by atoms with Crippen LogP contribution in [0.25, 0.3) is 11.4 Å². The van der Waals surface area contributed by atoms with Crippen molar-refractivity contribution in [3.63, 3.8) is 0 Å². The van der Waals surface area contributed by atoms with Gasteiger partial charge in [0.15, 0.2) is 5.69 Å². The van der Waals surface area contributed by atoms with Crippen molar-refractivity contribution in [3.05, 3.63) is 53.1 Å². The first-order valence-corrected chi connectivity index (χ1v) is 5.28. The van der Waals surface area contributed by atoms with E-state index in [1.54, 1.807) is 18.3 Å². The number of para-hydroxylation sites is 1. The van der Waals surface area contributed by atoms with Gasteiger partial charge in [0.1, 0.15) is 0 Å². The average molecular weight is 257 g/mol. The second kappa shape index (κ2) is 4.29. The minimum Gasteiger partial charge on any atom is -0.258 e. The van der Waals surface area contributed by atoms with Crippen molar-refractivity contribution in [2.45, 2.75) is 0 Å². The predicted octanol–water partition coefficient (Wildman–Crippen LogP) is 0.756. The van der Waals surface area contributed by atoms with E-state index in [4.69, 9.17) is 0 Å². The fraction of sp³-hybridized carbons (Fsp3) is 0. The Morgan fingerprint density at radius 1 is 1.05 bits per heavy atom. The van der Waals surface area contributed by atoms with Gasteiger partial charge in [-0.3, -0.25) is 10.1 Å². The Morgan fingerprint density at radius 3 is 2.32 bits per heavy atom. The average Bonchev–Trinajstić information content (AvgIpc) is 3.11. The highest BCUT2D eigenvalue weighted by Crippen LogP contribution is 2.27. The largest absolute Gasteiger partial charge is 0.297 e. The molecule has 94 valence electrons. The molecule has 0 aliphatic heterocycles. The van der Waals surface area contributed by atoms with E-state index in [1.165, 1.54) is 34.0 Å². The second-order valence-electron chi connectivity index (χ2n) is 3.60. The maximum atomic E-state index is 11.1. The van der Waals surface area contributed by atoms with E-state index in [-0.39, 0.29) is 11.4 Å². The molecule has 2 heterocycles. The molecule has 3 aromatic rings. The third-order valence-electron chi connectivity index (χ3n) is 2.51. The van der Waals surface area contributed by atoms with Crippen LogP contribution >= 0.6 is 0 Å². The molecule has 2 aromatic heterocycles. The zero-order valence-corrected chi connectivity index (χ0v) is 9.49. The van der Waals surface area contributed by atoms with Crippen molar-refractivity contribution in [2.24, 2.45) is 0 Å². The van der Waals surface area contributed by atoms with Gasteiger partial charge in [-0.25, -0.2) is 9.36 Å². The first-order valence-electron chi connectivity index (χ1n) is 5.28. The summed E-state index contributed by atoms with van der Waals surface area (Å²) in [5, 5.41) is 26.1. The summed E-state index contributed by atoms with van der Waals surface area (Å²) in [6.45, 7) is 0. The summed E-state index contributed by atoms with van der Waals surface area (Å²) >= 11 is 0. The zero-order chi connectivity index (χ0) is 13.2. The first kappa shape index (κ1) is 11.0. The smallest absolute Gasteiger partial charge is 0.258 e. The van der Waals surface area contributed by atoms with Crippen LogP contribution in [0.5, 0.6) is 0 Å². The molecule has 0 unspecified atom stereocenters. The molecule has 0 radical (unpaired) electrons. The molecule has 19 heavy (non-hydrogen) atoms. The van der Waals surface area contributed by atoms with Gasteiger partial charge >= 0.3 is 0 Å². The number of aromatic nitrogens is 6. The highest BCUT2D eigenvalue weighted by Gasteiger charge is 2.21. The summed E-state index contributed by atoms with van der Waals surface area (Å²) in [6.07, 6.45) is 6.06. The summed E-state index contributed by atoms with van der Waals surface area (Å²) in [5.41, 5.74) is 0.700. The number of benzene rings is 1. The van der Waals surface area contributed by atoms with Gasteiger partial charge in [-0.2, -0.15) is 0 Å². The lowest BCUT2D eigenvalue weighted by molar-refractivity contribution is -0.384. The maximum Gasteiger partial charge on any atom is 0.297 e. The van der Waals surface area contributed by atoms with Crippen LogP contribution in [0.3, 0.4) is 0 Å². The fourth-order valence-electron chi connectivity index (χ4n) is 1.75. The highest BCUT2D eigenvalue weighted by molar-refractivity contribution is 5.64. The maximum absolute atomic E-state index is 11.1. The number of nitrogens with zero attached hydrogens (tertiary/aromatic N) is 7. The Balaban J connectivity index is 2.31. The monoisotopic (exact) mass is 257 g/mol. The molecule has 0 bridgehead atoms. The van der Waals surface area contributed by atoms with Crippen molar-refractivity contribution in [1.82, 2.24) is 30.0 Å². The molecule has 0 fully saturated rings. The molecular formula is C10H7N7O2. The molecule has 0 saturated heterocycles. The number of nitro benzene ring substituents is 1. The van der Waals surface area contributed by atoms with Crippen LogP contribution in [-0.4, -0.2) is 34.9 Å². The Kier molecular flexibility index (Phi) is 2.49. The van der Waals surface area contributed by atoms with Crippen molar-refractivity contribution < 1.29 is 4.92 Å². The van der Waals surface area contributed by atoms with E-state index in [0.717, 1.165) is 0 Å². The van der Waals surface area contributed by atoms with Gasteiger partial charge in [0.2, 0.25) is 0 Å². The number of hydrogen-bond donors (Lipinski definition) is 0. The normalized spacial score (nSPS) is 10.5. The summed E-state index contributed by atoms with van der Waals surface area (Å²) in [6, 6.07) is 4.67. The topological polar surface area (TPSA) is 105 Å². The van der Waals surface area contributed by atoms with Gasteiger partial charge in [-0.15, -0.1) is 10.2 Å². The van der Waals surface area contributed by atoms with Gasteiger partial charge in [0.25, 0.3) is 5.69 Å². The van der Waals surface area contributed by atoms with Gasteiger partial charge in [-0.1, -0.05) is 16.5 Å². The molecule has 9 nitrogen and oxygen atoms in total. The Bertz CT molecular complexity index is 706. The van der Waals surface area contributed by atoms with Crippen molar-refractivity contribution in [2.75, 3.05) is 0 Å². The first-order chi connectivity index (χ1) is 9.27. The minimum atomic E-state index is -0.475. The van der Waals surface area contributed by atoms with Crippen LogP contribution in [0.1, 0.15) is 0 Å². The predicted molar refractivity (Wildman–Crippen MR) is 62.9 cm³/mol. The van der Waals surface area contributed by atoms with E-state index >= 15 is 0 Å². The van der Waals surface area contributed by atoms with Crippen LogP contribution in [0, 0.1) is 10.1 Å². The molecule has 0 spiro atoms. The third-order valence-corrected chi connectivity index (χ3v) is 2.51. The van der Waals surface area contributed by atoms with E-state index in [0.29, 0.717) is 5.69 Å². The second-order valence-corrected chi connectivity index (χ2v) is 3.60. The summed E-state index contributed by atoms with van der Waals surface area (Å²) < 4.78 is 2.76. The van der Waals surface area contributed by atoms with E-state index < -0.39 is 4.92 Å². The van der Waals surface area contributed by atoms with E-state index in [2.05, 4.69) is 20.6 Å². The quantitative estimate of drug-likeness (QED) is 0.506. The molecule has 0 aliphatic carbocycles. The molecule has 0 atom stereocenters. The third kappa shape index (κ3) is 1.82. The molecular weight excluding hydrogens is 250 g/mol. The van der Waals surface area contributed by atoms with Gasteiger partial charge in [0, 0.05) is 6.07 Å². The molecule has 0 N–H and O–H groups in total. The summed E-state index contributed by atoms with van der Waals surface area (Å²) in [5.74, 6) is 0. The van der Waals surface area contributed by atoms with Crippen molar-refractivity contribution in [1.29, 1.82) is 0 Å². The molecule has 0 saturated carbocycles. The van der Waals surface area contributed by atoms with E-state index in [9.17, 15) is 10.1 Å².